The van der Waals surface area contributed by atoms with Crippen molar-refractivity contribution in [3.05, 3.63) is 40.4 Å². The number of likely N-dealkylation sites (N-methyl/N-ethyl adjacent to an activating group) is 1. The maximum absolute atomic E-state index is 14.7. The zero-order valence-electron chi connectivity index (χ0n) is 21.0. The van der Waals surface area contributed by atoms with Gasteiger partial charge >= 0.3 is 17.6 Å². The topological polar surface area (TPSA) is 95.9 Å². The molecule has 0 bridgehead atoms. The van der Waals surface area contributed by atoms with Crippen LogP contribution in [0.3, 0.4) is 0 Å². The number of anilines is 2. The van der Waals surface area contributed by atoms with Crippen LogP contribution in [0.15, 0.2) is 28.6 Å². The number of hydrogen-bond acceptors (Lipinski definition) is 8. The number of aromatic nitrogens is 2. The zero-order valence-corrected chi connectivity index (χ0v) is 23.4. The smallest absolute Gasteiger partial charge is 0.443 e. The number of imide groups is 1. The number of carbonyl (C=O) groups excluding carboxylic acids is 3. The summed E-state index contributed by atoms with van der Waals surface area (Å²) in [5, 5.41) is -0.877. The molecule has 40 heavy (non-hydrogen) atoms. The van der Waals surface area contributed by atoms with Crippen molar-refractivity contribution in [1.82, 2.24) is 14.9 Å². The number of carbonyl (C=O) groups is 3. The highest BCUT2D eigenvalue weighted by Gasteiger charge is 2.48. The molecule has 0 spiro atoms. The summed E-state index contributed by atoms with van der Waals surface area (Å²) in [4.78, 5) is 49.8. The average molecular weight is 624 g/mol. The molecule has 214 valence electrons. The van der Waals surface area contributed by atoms with E-state index in [0.29, 0.717) is 4.90 Å². The molecule has 17 heteroatoms. The van der Waals surface area contributed by atoms with Gasteiger partial charge in [0.25, 0.3) is 5.91 Å². The van der Waals surface area contributed by atoms with Gasteiger partial charge in [0.2, 0.25) is 0 Å². The van der Waals surface area contributed by atoms with Gasteiger partial charge in [-0.05, 0) is 50.7 Å². The maximum atomic E-state index is 14.7. The van der Waals surface area contributed by atoms with Crippen LogP contribution >= 0.6 is 34.7 Å². The summed E-state index contributed by atoms with van der Waals surface area (Å²) in [7, 11) is 1.12. The van der Waals surface area contributed by atoms with Crippen LogP contribution in [0.4, 0.5) is 43.0 Å². The Labute approximate surface area is 236 Å². The van der Waals surface area contributed by atoms with Crippen LogP contribution in [-0.2, 0) is 9.53 Å². The second-order valence-electron chi connectivity index (χ2n) is 9.38. The van der Waals surface area contributed by atoms with Gasteiger partial charge in [0.1, 0.15) is 38.6 Å². The van der Waals surface area contributed by atoms with Crippen molar-refractivity contribution in [2.75, 3.05) is 23.4 Å². The van der Waals surface area contributed by atoms with Gasteiger partial charge in [0.05, 0.1) is 17.7 Å². The third-order valence-corrected chi connectivity index (χ3v) is 7.27. The molecule has 4 amide bonds. The highest BCUT2D eigenvalue weighted by Crippen LogP contribution is 2.42. The Morgan fingerprint density at radius 1 is 1.23 bits per heavy atom. The quantitative estimate of drug-likeness (QED) is 0.187. The highest BCUT2D eigenvalue weighted by atomic mass is 35.5. The number of fused-ring (bicyclic) bond motifs is 1. The van der Waals surface area contributed by atoms with Gasteiger partial charge < -0.3 is 9.64 Å². The molecule has 1 fully saturated rings. The minimum Gasteiger partial charge on any atom is -0.443 e. The Hall–Kier alpha value is -3.24. The Balaban J connectivity index is 1.81. The number of thiazole rings is 1. The van der Waals surface area contributed by atoms with Gasteiger partial charge in [-0.1, -0.05) is 11.6 Å². The summed E-state index contributed by atoms with van der Waals surface area (Å²) in [6.45, 7) is 4.01. The molecule has 1 saturated heterocycles. The molecular formula is C23H19ClF5N5O4S2. The second-order valence-corrected chi connectivity index (χ2v) is 11.7. The lowest BCUT2D eigenvalue weighted by molar-refractivity contribution is -0.119. The molecule has 9 nitrogen and oxygen atoms in total. The molecule has 0 unspecified atom stereocenters. The molecule has 0 aliphatic carbocycles. The first-order valence-corrected chi connectivity index (χ1v) is 13.3. The fourth-order valence-electron chi connectivity index (χ4n) is 3.77. The van der Waals surface area contributed by atoms with Gasteiger partial charge in [-0.25, -0.2) is 33.2 Å². The Morgan fingerprint density at radius 2 is 1.90 bits per heavy atom. The van der Waals surface area contributed by atoms with E-state index >= 15 is 0 Å². The number of urea groups is 1. The molecule has 0 saturated carbocycles. The zero-order chi connectivity index (χ0) is 29.7. The standard InChI is InChI=1S/C23H19ClF5N5O4S2/c1-22(2,3)38-21(37)33-8-12(19(35)32(4)11-6-5-10(25)15(24)16(11)26)34(20(33)36)14-7-13(40-23(27,28)29)17-18(31-14)39-9-30-17/h5-7,9,12H,8H2,1-4H3/t12-/m0/s1. The number of alkyl halides is 3. The van der Waals surface area contributed by atoms with Crippen molar-refractivity contribution in [3.8, 4) is 0 Å². The van der Waals surface area contributed by atoms with Gasteiger partial charge in [0.15, 0.2) is 5.82 Å². The molecule has 1 aliphatic rings. The van der Waals surface area contributed by atoms with Crippen molar-refractivity contribution in [2.45, 2.75) is 42.8 Å². The minimum atomic E-state index is -4.72. The van der Waals surface area contributed by atoms with E-state index < -0.39 is 80.7 Å². The van der Waals surface area contributed by atoms with Crippen molar-refractivity contribution in [3.63, 3.8) is 0 Å². The number of rotatable bonds is 4. The Morgan fingerprint density at radius 3 is 2.52 bits per heavy atom. The Bertz CT molecular complexity index is 1510. The fourth-order valence-corrected chi connectivity index (χ4v) is 5.33. The first-order chi connectivity index (χ1) is 18.5. The maximum Gasteiger partial charge on any atom is 0.446 e. The molecule has 3 aromatic rings. The summed E-state index contributed by atoms with van der Waals surface area (Å²) >= 11 is 6.05. The lowest BCUT2D eigenvalue weighted by Crippen LogP contribution is -2.47. The number of thioether (sulfide) groups is 1. The van der Waals surface area contributed by atoms with Crippen LogP contribution in [0, 0.1) is 11.6 Å². The van der Waals surface area contributed by atoms with E-state index in [1.807, 2.05) is 0 Å². The number of benzene rings is 1. The number of halogens is 6. The van der Waals surface area contributed by atoms with Crippen molar-refractivity contribution < 1.29 is 41.1 Å². The van der Waals surface area contributed by atoms with E-state index in [2.05, 4.69) is 9.97 Å². The predicted octanol–water partition coefficient (Wildman–Crippen LogP) is 6.44. The molecule has 1 aliphatic heterocycles. The first-order valence-electron chi connectivity index (χ1n) is 11.2. The number of hydrogen-bond donors (Lipinski definition) is 0. The van der Waals surface area contributed by atoms with Crippen LogP contribution in [0.1, 0.15) is 20.8 Å². The first kappa shape index (κ1) is 29.7. The van der Waals surface area contributed by atoms with Crippen molar-refractivity contribution >= 4 is 74.6 Å². The number of ether oxygens (including phenoxy) is 1. The lowest BCUT2D eigenvalue weighted by Gasteiger charge is -2.27. The molecule has 2 aromatic heterocycles. The van der Waals surface area contributed by atoms with Crippen LogP contribution in [0.25, 0.3) is 10.3 Å². The van der Waals surface area contributed by atoms with E-state index in [1.165, 1.54) is 5.51 Å². The fraction of sp³-hybridized carbons (Fsp3) is 0.348. The van der Waals surface area contributed by atoms with Gasteiger partial charge in [-0.15, -0.1) is 11.3 Å². The SMILES string of the molecule is CN(C(=O)[C@@H]1CN(C(=O)OC(C)(C)C)C(=O)N1c1cc(SC(F)(F)F)c2ncsc2n1)c1ccc(F)c(Cl)c1F. The van der Waals surface area contributed by atoms with E-state index in [0.717, 1.165) is 46.4 Å². The molecular weight excluding hydrogens is 605 g/mol. The summed E-state index contributed by atoms with van der Waals surface area (Å²) in [6, 6.07) is -0.00446. The number of nitrogens with zero attached hydrogens (tertiary/aromatic N) is 5. The van der Waals surface area contributed by atoms with Crippen LogP contribution in [0.5, 0.6) is 0 Å². The second kappa shape index (κ2) is 10.6. The average Bonchev–Trinajstić information content (AvgIpc) is 3.44. The minimum absolute atomic E-state index is 0.0312. The third-order valence-electron chi connectivity index (χ3n) is 5.44. The van der Waals surface area contributed by atoms with E-state index in [9.17, 15) is 36.3 Å². The summed E-state index contributed by atoms with van der Waals surface area (Å²) in [5.41, 5.74) is -5.01. The highest BCUT2D eigenvalue weighted by molar-refractivity contribution is 8.00. The van der Waals surface area contributed by atoms with Crippen molar-refractivity contribution in [2.24, 2.45) is 0 Å². The third kappa shape index (κ3) is 5.93. The van der Waals surface area contributed by atoms with Crippen molar-refractivity contribution in [1.29, 1.82) is 0 Å². The molecule has 4 rings (SSSR count). The normalized spacial score (nSPS) is 16.1. The number of amides is 4. The Kier molecular flexibility index (Phi) is 7.90. The van der Waals surface area contributed by atoms with Gasteiger partial charge in [-0.2, -0.15) is 13.2 Å². The monoisotopic (exact) mass is 623 g/mol. The molecule has 0 radical (unpaired) electrons. The van der Waals surface area contributed by atoms with Crippen LogP contribution < -0.4 is 9.80 Å². The summed E-state index contributed by atoms with van der Waals surface area (Å²) in [6.07, 6.45) is -1.12. The lowest BCUT2D eigenvalue weighted by atomic mass is 10.2. The van der Waals surface area contributed by atoms with E-state index in [1.54, 1.807) is 20.8 Å². The molecule has 0 N–H and O–H groups in total. The van der Waals surface area contributed by atoms with E-state index in [-0.39, 0.29) is 16.2 Å². The van der Waals surface area contributed by atoms with Gasteiger partial charge in [-0.3, -0.25) is 9.69 Å². The summed E-state index contributed by atoms with van der Waals surface area (Å²) in [5.74, 6) is -3.69. The largest absolute Gasteiger partial charge is 0.446 e. The van der Waals surface area contributed by atoms with Crippen LogP contribution in [0.2, 0.25) is 5.02 Å². The summed E-state index contributed by atoms with van der Waals surface area (Å²) < 4.78 is 73.7. The van der Waals surface area contributed by atoms with Crippen LogP contribution in [-0.4, -0.2) is 63.6 Å². The molecule has 3 heterocycles. The van der Waals surface area contributed by atoms with E-state index in [4.69, 9.17) is 16.3 Å². The predicted molar refractivity (Wildman–Crippen MR) is 139 cm³/mol. The van der Waals surface area contributed by atoms with Gasteiger partial charge in [0, 0.05) is 11.9 Å². The number of pyridine rings is 1. The molecule has 1 atom stereocenters. The molecule has 1 aromatic carbocycles.